The summed E-state index contributed by atoms with van der Waals surface area (Å²) in [5.74, 6) is 1.12. The molecule has 1 aromatic carbocycles. The van der Waals surface area contributed by atoms with Crippen LogP contribution in [0.2, 0.25) is 0 Å². The number of anilines is 1. The number of nitrogens with zero attached hydrogens (tertiary/aromatic N) is 1. The summed E-state index contributed by atoms with van der Waals surface area (Å²) >= 11 is 0. The second kappa shape index (κ2) is 7.49. The van der Waals surface area contributed by atoms with E-state index < -0.39 is 0 Å². The number of hydrogen-bond donors (Lipinski definition) is 1. The number of nitrogens with one attached hydrogen (secondary N) is 1. The van der Waals surface area contributed by atoms with Gasteiger partial charge in [0.15, 0.2) is 6.61 Å². The largest absolute Gasteiger partial charge is 0.482 e. The molecule has 126 valence electrons. The molecule has 2 amide bonds. The quantitative estimate of drug-likeness (QED) is 0.877. The average molecular weight is 318 g/mol. The summed E-state index contributed by atoms with van der Waals surface area (Å²) < 4.78 is 5.46. The topological polar surface area (TPSA) is 58.6 Å². The predicted octanol–water partition coefficient (Wildman–Crippen LogP) is 2.66. The van der Waals surface area contributed by atoms with Crippen molar-refractivity contribution in [2.45, 2.75) is 46.6 Å². The Hall–Kier alpha value is -2.04. The van der Waals surface area contributed by atoms with E-state index in [1.54, 1.807) is 4.90 Å². The van der Waals surface area contributed by atoms with Crippen molar-refractivity contribution in [1.82, 2.24) is 5.32 Å². The molecular formula is C18H26N2O3. The van der Waals surface area contributed by atoms with Crippen LogP contribution < -0.4 is 15.0 Å². The van der Waals surface area contributed by atoms with Gasteiger partial charge in [0.2, 0.25) is 5.91 Å². The van der Waals surface area contributed by atoms with E-state index in [-0.39, 0.29) is 24.5 Å². The van der Waals surface area contributed by atoms with Gasteiger partial charge in [-0.05, 0) is 43.9 Å². The molecule has 0 spiro atoms. The van der Waals surface area contributed by atoms with Gasteiger partial charge in [-0.2, -0.15) is 0 Å². The monoisotopic (exact) mass is 318 g/mol. The fraction of sp³-hybridized carbons (Fsp3) is 0.556. The minimum atomic E-state index is -0.0564. The molecule has 1 N–H and O–H groups in total. The Kier molecular flexibility index (Phi) is 5.64. The van der Waals surface area contributed by atoms with Crippen molar-refractivity contribution in [3.63, 3.8) is 0 Å². The molecule has 0 saturated carbocycles. The Morgan fingerprint density at radius 3 is 2.78 bits per heavy atom. The number of fused-ring (bicyclic) bond motifs is 1. The van der Waals surface area contributed by atoms with Gasteiger partial charge in [-0.15, -0.1) is 0 Å². The molecule has 5 nitrogen and oxygen atoms in total. The average Bonchev–Trinajstić information content (AvgIpc) is 2.49. The molecule has 1 aliphatic heterocycles. The maximum Gasteiger partial charge on any atom is 0.265 e. The molecule has 5 heteroatoms. The molecule has 0 radical (unpaired) electrons. The van der Waals surface area contributed by atoms with E-state index in [1.165, 1.54) is 0 Å². The Morgan fingerprint density at radius 1 is 1.35 bits per heavy atom. The normalized spacial score (nSPS) is 15.2. The number of amides is 2. The fourth-order valence-electron chi connectivity index (χ4n) is 2.45. The van der Waals surface area contributed by atoms with Gasteiger partial charge in [0, 0.05) is 19.0 Å². The highest BCUT2D eigenvalue weighted by Crippen LogP contribution is 2.32. The fourth-order valence-corrected chi connectivity index (χ4v) is 2.45. The van der Waals surface area contributed by atoms with E-state index in [2.05, 4.69) is 19.2 Å². The molecule has 0 unspecified atom stereocenters. The SMILES string of the molecule is Cc1ccc2c(c1)N(CCCC(=O)N[C@H](C)C(C)C)C(=O)CO2. The van der Waals surface area contributed by atoms with E-state index in [0.29, 0.717) is 25.3 Å². The van der Waals surface area contributed by atoms with E-state index in [9.17, 15) is 9.59 Å². The molecule has 1 atom stereocenters. The number of ether oxygens (including phenoxy) is 1. The van der Waals surface area contributed by atoms with Crippen molar-refractivity contribution in [2.24, 2.45) is 5.92 Å². The summed E-state index contributed by atoms with van der Waals surface area (Å²) in [6.45, 7) is 8.74. The number of rotatable bonds is 6. The molecule has 1 aromatic rings. The highest BCUT2D eigenvalue weighted by atomic mass is 16.5. The molecule has 0 aromatic heterocycles. The first-order chi connectivity index (χ1) is 10.9. The molecule has 1 heterocycles. The molecule has 0 aliphatic carbocycles. The highest BCUT2D eigenvalue weighted by Gasteiger charge is 2.25. The predicted molar refractivity (Wildman–Crippen MR) is 90.7 cm³/mol. The molecule has 1 aliphatic rings. The van der Waals surface area contributed by atoms with Crippen LogP contribution in [0.1, 0.15) is 39.2 Å². The van der Waals surface area contributed by atoms with Crippen molar-refractivity contribution in [3.05, 3.63) is 23.8 Å². The third kappa shape index (κ3) is 4.47. The van der Waals surface area contributed by atoms with Gasteiger partial charge in [-0.25, -0.2) is 0 Å². The molecule has 2 rings (SSSR count). The molecule has 23 heavy (non-hydrogen) atoms. The van der Waals surface area contributed by atoms with Gasteiger partial charge in [0.05, 0.1) is 5.69 Å². The minimum absolute atomic E-state index is 0.0383. The summed E-state index contributed by atoms with van der Waals surface area (Å²) in [6, 6.07) is 5.97. The summed E-state index contributed by atoms with van der Waals surface area (Å²) in [5, 5.41) is 2.99. The molecule has 0 bridgehead atoms. The summed E-state index contributed by atoms with van der Waals surface area (Å²) in [6.07, 6.45) is 1.05. The van der Waals surface area contributed by atoms with Crippen LogP contribution in [-0.2, 0) is 9.59 Å². The first-order valence-electron chi connectivity index (χ1n) is 8.21. The van der Waals surface area contributed by atoms with Gasteiger partial charge in [0.25, 0.3) is 5.91 Å². The number of benzene rings is 1. The van der Waals surface area contributed by atoms with Gasteiger partial charge >= 0.3 is 0 Å². The first-order valence-corrected chi connectivity index (χ1v) is 8.21. The number of hydrogen-bond acceptors (Lipinski definition) is 3. The number of aryl methyl sites for hydroxylation is 1. The van der Waals surface area contributed by atoms with Gasteiger partial charge < -0.3 is 15.0 Å². The van der Waals surface area contributed by atoms with Crippen molar-refractivity contribution < 1.29 is 14.3 Å². The van der Waals surface area contributed by atoms with Crippen molar-refractivity contribution >= 4 is 17.5 Å². The van der Waals surface area contributed by atoms with Crippen LogP contribution in [0.25, 0.3) is 0 Å². The number of carbonyl (C=O) groups excluding carboxylic acids is 2. The van der Waals surface area contributed by atoms with Crippen molar-refractivity contribution in [1.29, 1.82) is 0 Å². The third-order valence-electron chi connectivity index (χ3n) is 4.23. The zero-order valence-electron chi connectivity index (χ0n) is 14.4. The van der Waals surface area contributed by atoms with Crippen LogP contribution in [0.4, 0.5) is 5.69 Å². The van der Waals surface area contributed by atoms with Crippen LogP contribution in [0, 0.1) is 12.8 Å². The Balaban J connectivity index is 1.92. The lowest BCUT2D eigenvalue weighted by Gasteiger charge is -2.29. The number of carbonyl (C=O) groups is 2. The van der Waals surface area contributed by atoms with Gasteiger partial charge in [0.1, 0.15) is 5.75 Å². The van der Waals surface area contributed by atoms with Crippen molar-refractivity contribution in [2.75, 3.05) is 18.1 Å². The molecule has 0 saturated heterocycles. The summed E-state index contributed by atoms with van der Waals surface area (Å²) in [4.78, 5) is 25.8. The molecular weight excluding hydrogens is 292 g/mol. The third-order valence-corrected chi connectivity index (χ3v) is 4.23. The lowest BCUT2D eigenvalue weighted by Crippen LogP contribution is -2.40. The summed E-state index contributed by atoms with van der Waals surface area (Å²) in [5.41, 5.74) is 1.88. The van der Waals surface area contributed by atoms with Crippen LogP contribution in [0.5, 0.6) is 5.75 Å². The Morgan fingerprint density at radius 2 is 2.09 bits per heavy atom. The lowest BCUT2D eigenvalue weighted by molar-refractivity contribution is -0.123. The maximum atomic E-state index is 12.1. The molecule has 0 fully saturated rings. The van der Waals surface area contributed by atoms with Gasteiger partial charge in [-0.1, -0.05) is 19.9 Å². The van der Waals surface area contributed by atoms with E-state index in [0.717, 1.165) is 17.0 Å². The van der Waals surface area contributed by atoms with Crippen LogP contribution in [-0.4, -0.2) is 31.0 Å². The van der Waals surface area contributed by atoms with E-state index in [4.69, 9.17) is 4.74 Å². The van der Waals surface area contributed by atoms with E-state index >= 15 is 0 Å². The zero-order valence-corrected chi connectivity index (χ0v) is 14.4. The highest BCUT2D eigenvalue weighted by molar-refractivity contribution is 5.97. The Labute approximate surface area is 138 Å². The van der Waals surface area contributed by atoms with Gasteiger partial charge in [-0.3, -0.25) is 9.59 Å². The van der Waals surface area contributed by atoms with Crippen molar-refractivity contribution in [3.8, 4) is 5.75 Å². The summed E-state index contributed by atoms with van der Waals surface area (Å²) in [7, 11) is 0. The smallest absolute Gasteiger partial charge is 0.265 e. The Bertz CT molecular complexity index is 584. The minimum Gasteiger partial charge on any atom is -0.482 e. The second-order valence-electron chi connectivity index (χ2n) is 6.51. The van der Waals surface area contributed by atoms with E-state index in [1.807, 2.05) is 32.0 Å². The van der Waals surface area contributed by atoms with Crippen LogP contribution >= 0.6 is 0 Å². The zero-order chi connectivity index (χ0) is 17.0. The first kappa shape index (κ1) is 17.3. The second-order valence-corrected chi connectivity index (χ2v) is 6.51. The van der Waals surface area contributed by atoms with Crippen LogP contribution in [0.3, 0.4) is 0 Å². The lowest BCUT2D eigenvalue weighted by atomic mass is 10.1. The van der Waals surface area contributed by atoms with Crippen LogP contribution in [0.15, 0.2) is 18.2 Å². The maximum absolute atomic E-state index is 12.1. The standard InChI is InChI=1S/C18H26N2O3/c1-12(2)14(4)19-17(21)6-5-9-20-15-10-13(3)7-8-16(15)23-11-18(20)22/h7-8,10,12,14H,5-6,9,11H2,1-4H3,(H,19,21)/t14-/m1/s1.